The molecule has 0 fully saturated rings. The topological polar surface area (TPSA) is 53.9 Å². The lowest BCUT2D eigenvalue weighted by atomic mass is 10.2. The van der Waals surface area contributed by atoms with Gasteiger partial charge in [-0.25, -0.2) is 4.98 Å². The standard InChI is InChI=1S/C18H17Cl2N5/c1-25(9-5-13-2-6-21-7-3-13)18-22-8-4-17(24-18)23-16-11-14(19)10-15(20)12-16/h2-4,6-8,10-12H,5,9H2,1H3,(H,22,23,24). The van der Waals surface area contributed by atoms with Gasteiger partial charge >= 0.3 is 0 Å². The molecule has 0 aliphatic heterocycles. The average molecular weight is 374 g/mol. The molecule has 0 saturated carbocycles. The van der Waals surface area contributed by atoms with E-state index in [4.69, 9.17) is 23.2 Å². The normalized spacial score (nSPS) is 10.5. The highest BCUT2D eigenvalue weighted by molar-refractivity contribution is 6.35. The smallest absolute Gasteiger partial charge is 0.227 e. The van der Waals surface area contributed by atoms with E-state index in [0.717, 1.165) is 18.7 Å². The summed E-state index contributed by atoms with van der Waals surface area (Å²) in [5, 5.41) is 4.34. The fourth-order valence-corrected chi connectivity index (χ4v) is 2.85. The van der Waals surface area contributed by atoms with Crippen LogP contribution in [0.25, 0.3) is 0 Å². The van der Waals surface area contributed by atoms with E-state index in [9.17, 15) is 0 Å². The number of nitrogens with zero attached hydrogens (tertiary/aromatic N) is 4. The number of aromatic nitrogens is 3. The minimum atomic E-state index is 0.568. The van der Waals surface area contributed by atoms with Crippen LogP contribution in [0.1, 0.15) is 5.56 Å². The van der Waals surface area contributed by atoms with Crippen molar-refractivity contribution in [3.63, 3.8) is 0 Å². The molecule has 1 aromatic carbocycles. The molecular weight excluding hydrogens is 357 g/mol. The Morgan fingerprint density at radius 1 is 1.00 bits per heavy atom. The van der Waals surface area contributed by atoms with Crippen LogP contribution in [0.15, 0.2) is 55.0 Å². The highest BCUT2D eigenvalue weighted by Gasteiger charge is 2.07. The summed E-state index contributed by atoms with van der Waals surface area (Å²) in [4.78, 5) is 14.9. The van der Waals surface area contributed by atoms with E-state index >= 15 is 0 Å². The molecule has 0 atom stereocenters. The van der Waals surface area contributed by atoms with E-state index in [0.29, 0.717) is 21.8 Å². The first-order valence-electron chi connectivity index (χ1n) is 7.76. The number of anilines is 3. The predicted molar refractivity (Wildman–Crippen MR) is 103 cm³/mol. The first-order valence-corrected chi connectivity index (χ1v) is 8.52. The van der Waals surface area contributed by atoms with Crippen molar-refractivity contribution in [2.45, 2.75) is 6.42 Å². The Balaban J connectivity index is 1.68. The van der Waals surface area contributed by atoms with Gasteiger partial charge < -0.3 is 10.2 Å². The van der Waals surface area contributed by atoms with E-state index in [1.54, 1.807) is 42.9 Å². The van der Waals surface area contributed by atoms with Gasteiger partial charge in [-0.15, -0.1) is 0 Å². The largest absolute Gasteiger partial charge is 0.343 e. The highest BCUT2D eigenvalue weighted by Crippen LogP contribution is 2.25. The van der Waals surface area contributed by atoms with Crippen LogP contribution in [0.3, 0.4) is 0 Å². The molecule has 1 N–H and O–H groups in total. The summed E-state index contributed by atoms with van der Waals surface area (Å²) in [5.41, 5.74) is 2.01. The molecule has 0 aliphatic carbocycles. The van der Waals surface area contributed by atoms with Gasteiger partial charge in [-0.2, -0.15) is 4.98 Å². The van der Waals surface area contributed by atoms with Gasteiger partial charge in [0.05, 0.1) is 0 Å². The third kappa shape index (κ3) is 5.05. The van der Waals surface area contributed by atoms with Crippen LogP contribution >= 0.6 is 23.2 Å². The van der Waals surface area contributed by atoms with Gasteiger partial charge in [0.15, 0.2) is 0 Å². The number of hydrogen-bond donors (Lipinski definition) is 1. The number of benzene rings is 1. The molecule has 0 amide bonds. The molecular formula is C18H17Cl2N5. The molecule has 2 heterocycles. The molecule has 0 unspecified atom stereocenters. The van der Waals surface area contributed by atoms with Crippen molar-refractivity contribution in [2.24, 2.45) is 0 Å². The minimum absolute atomic E-state index is 0.568. The maximum atomic E-state index is 6.03. The van der Waals surface area contributed by atoms with Crippen molar-refractivity contribution in [3.8, 4) is 0 Å². The molecule has 0 aliphatic rings. The molecule has 3 aromatic rings. The lowest BCUT2D eigenvalue weighted by molar-refractivity contribution is 0.837. The molecule has 2 aromatic heterocycles. The molecule has 0 spiro atoms. The zero-order valence-corrected chi connectivity index (χ0v) is 15.2. The summed E-state index contributed by atoms with van der Waals surface area (Å²) in [7, 11) is 1.97. The van der Waals surface area contributed by atoms with Gasteiger partial charge in [-0.05, 0) is 48.4 Å². The summed E-state index contributed by atoms with van der Waals surface area (Å²) in [6, 6.07) is 11.1. The lowest BCUT2D eigenvalue weighted by Gasteiger charge is -2.17. The van der Waals surface area contributed by atoms with Gasteiger partial charge in [-0.1, -0.05) is 23.2 Å². The summed E-state index contributed by atoms with van der Waals surface area (Å²) in [6.45, 7) is 0.802. The van der Waals surface area contributed by atoms with Crippen LogP contribution < -0.4 is 10.2 Å². The monoisotopic (exact) mass is 373 g/mol. The Labute approximate surface area is 156 Å². The summed E-state index contributed by atoms with van der Waals surface area (Å²) in [6.07, 6.45) is 6.21. The van der Waals surface area contributed by atoms with Gasteiger partial charge in [0.1, 0.15) is 5.82 Å². The molecule has 5 nitrogen and oxygen atoms in total. The van der Waals surface area contributed by atoms with E-state index in [1.807, 2.05) is 24.1 Å². The fourth-order valence-electron chi connectivity index (χ4n) is 2.32. The minimum Gasteiger partial charge on any atom is -0.343 e. The molecule has 7 heteroatoms. The zero-order valence-electron chi connectivity index (χ0n) is 13.7. The first-order chi connectivity index (χ1) is 12.1. The lowest BCUT2D eigenvalue weighted by Crippen LogP contribution is -2.22. The van der Waals surface area contributed by atoms with Crippen LogP contribution in [0.2, 0.25) is 10.0 Å². The second-order valence-corrected chi connectivity index (χ2v) is 6.42. The van der Waals surface area contributed by atoms with E-state index in [-0.39, 0.29) is 0 Å². The third-order valence-corrected chi connectivity index (χ3v) is 4.04. The molecule has 0 bridgehead atoms. The van der Waals surface area contributed by atoms with Crippen LogP contribution in [-0.4, -0.2) is 28.5 Å². The van der Waals surface area contributed by atoms with Crippen molar-refractivity contribution in [1.29, 1.82) is 0 Å². The Kier molecular flexibility index (Phi) is 5.68. The number of rotatable bonds is 6. The predicted octanol–water partition coefficient (Wildman–Crippen LogP) is 4.60. The van der Waals surface area contributed by atoms with Crippen LogP contribution in [0.4, 0.5) is 17.5 Å². The quantitative estimate of drug-likeness (QED) is 0.683. The molecule has 3 rings (SSSR count). The van der Waals surface area contributed by atoms with E-state index in [2.05, 4.69) is 20.3 Å². The van der Waals surface area contributed by atoms with Crippen LogP contribution in [-0.2, 0) is 6.42 Å². The first kappa shape index (κ1) is 17.5. The number of pyridine rings is 1. The Morgan fingerprint density at radius 3 is 2.44 bits per heavy atom. The maximum Gasteiger partial charge on any atom is 0.227 e. The Bertz CT molecular complexity index is 822. The summed E-state index contributed by atoms with van der Waals surface area (Å²) in [5.74, 6) is 1.33. The Hall–Kier alpha value is -2.37. The van der Waals surface area contributed by atoms with Crippen molar-refractivity contribution in [2.75, 3.05) is 23.8 Å². The summed E-state index contributed by atoms with van der Waals surface area (Å²) >= 11 is 12.1. The maximum absolute atomic E-state index is 6.03. The average Bonchev–Trinajstić information content (AvgIpc) is 2.60. The van der Waals surface area contributed by atoms with Crippen LogP contribution in [0, 0.1) is 0 Å². The van der Waals surface area contributed by atoms with Gasteiger partial charge in [0, 0.05) is 47.9 Å². The fraction of sp³-hybridized carbons (Fsp3) is 0.167. The van der Waals surface area contributed by atoms with E-state index < -0.39 is 0 Å². The molecule has 0 saturated heterocycles. The number of halogens is 2. The number of likely N-dealkylation sites (N-methyl/N-ethyl adjacent to an activating group) is 1. The highest BCUT2D eigenvalue weighted by atomic mass is 35.5. The molecule has 25 heavy (non-hydrogen) atoms. The van der Waals surface area contributed by atoms with Crippen molar-refractivity contribution in [3.05, 3.63) is 70.6 Å². The number of hydrogen-bond acceptors (Lipinski definition) is 5. The second kappa shape index (κ2) is 8.14. The Morgan fingerprint density at radius 2 is 1.72 bits per heavy atom. The van der Waals surface area contributed by atoms with Gasteiger partial charge in [0.2, 0.25) is 5.95 Å². The third-order valence-electron chi connectivity index (χ3n) is 3.60. The van der Waals surface area contributed by atoms with Gasteiger partial charge in [0.25, 0.3) is 0 Å². The SMILES string of the molecule is CN(CCc1ccncc1)c1nccc(Nc2cc(Cl)cc(Cl)c2)n1. The second-order valence-electron chi connectivity index (χ2n) is 5.55. The van der Waals surface area contributed by atoms with Crippen LogP contribution in [0.5, 0.6) is 0 Å². The molecule has 128 valence electrons. The summed E-state index contributed by atoms with van der Waals surface area (Å²) < 4.78 is 0. The zero-order chi connectivity index (χ0) is 17.6. The van der Waals surface area contributed by atoms with Crippen molar-refractivity contribution < 1.29 is 0 Å². The van der Waals surface area contributed by atoms with Gasteiger partial charge in [-0.3, -0.25) is 4.98 Å². The molecule has 0 radical (unpaired) electrons. The number of nitrogens with one attached hydrogen (secondary N) is 1. The van der Waals surface area contributed by atoms with Crippen molar-refractivity contribution in [1.82, 2.24) is 15.0 Å². The van der Waals surface area contributed by atoms with E-state index in [1.165, 1.54) is 5.56 Å². The van der Waals surface area contributed by atoms with Crippen molar-refractivity contribution >= 4 is 40.7 Å².